The van der Waals surface area contributed by atoms with Gasteiger partial charge < -0.3 is 0 Å². The van der Waals surface area contributed by atoms with Gasteiger partial charge in [-0.1, -0.05) is 133 Å². The van der Waals surface area contributed by atoms with Gasteiger partial charge in [0.25, 0.3) is 0 Å². The van der Waals surface area contributed by atoms with Crippen LogP contribution >= 0.6 is 0 Å². The molecular weight excluding hydrogens is 432 g/mol. The van der Waals surface area contributed by atoms with Crippen LogP contribution in [0.2, 0.25) is 0 Å². The monoisotopic (exact) mass is 474 g/mol. The summed E-state index contributed by atoms with van der Waals surface area (Å²) in [6, 6.07) is 34.6. The summed E-state index contributed by atoms with van der Waals surface area (Å²) in [6.45, 7) is 13.6. The van der Waals surface area contributed by atoms with E-state index >= 15 is 0 Å². The van der Waals surface area contributed by atoms with Crippen molar-refractivity contribution in [3.63, 3.8) is 0 Å². The van der Waals surface area contributed by atoms with Gasteiger partial charge in [-0.15, -0.1) is 0 Å². The Morgan fingerprint density at radius 1 is 0.389 bits per heavy atom. The fraction of sp³-hybridized carbons (Fsp3) is 0.333. The zero-order valence-corrected chi connectivity index (χ0v) is 23.0. The lowest BCUT2D eigenvalue weighted by atomic mass is 9.88. The number of hydrogen-bond acceptors (Lipinski definition) is 0. The third-order valence-electron chi connectivity index (χ3n) is 7.48. The third-order valence-corrected chi connectivity index (χ3v) is 7.48. The number of hydrogen-bond donors (Lipinski definition) is 0. The van der Waals surface area contributed by atoms with Crippen molar-refractivity contribution in [1.82, 2.24) is 0 Å². The third kappa shape index (κ3) is 6.55. The van der Waals surface area contributed by atoms with E-state index in [1.807, 2.05) is 0 Å². The van der Waals surface area contributed by atoms with Crippen LogP contribution in [0.25, 0.3) is 0 Å². The lowest BCUT2D eigenvalue weighted by Gasteiger charge is -2.17. The fourth-order valence-electron chi connectivity index (χ4n) is 4.95. The van der Waals surface area contributed by atoms with Gasteiger partial charge in [-0.25, -0.2) is 0 Å². The van der Waals surface area contributed by atoms with Gasteiger partial charge in [0.2, 0.25) is 0 Å². The zero-order valence-electron chi connectivity index (χ0n) is 23.0. The molecule has 0 spiro atoms. The van der Waals surface area contributed by atoms with Crippen LogP contribution in [0, 0.1) is 0 Å². The Kier molecular flexibility index (Phi) is 8.47. The van der Waals surface area contributed by atoms with Gasteiger partial charge in [0.05, 0.1) is 0 Å². The molecule has 4 aromatic rings. The molecule has 186 valence electrons. The van der Waals surface area contributed by atoms with E-state index in [1.54, 1.807) is 0 Å². The van der Waals surface area contributed by atoms with Gasteiger partial charge in [-0.3, -0.25) is 0 Å². The summed E-state index contributed by atoms with van der Waals surface area (Å²) >= 11 is 0. The maximum absolute atomic E-state index is 2.33. The van der Waals surface area contributed by atoms with E-state index in [9.17, 15) is 0 Å². The van der Waals surface area contributed by atoms with Crippen molar-refractivity contribution < 1.29 is 0 Å². The normalized spacial score (nSPS) is 11.6. The Hall–Kier alpha value is -3.12. The first-order valence-electron chi connectivity index (χ1n) is 13.7. The first kappa shape index (κ1) is 26.0. The van der Waals surface area contributed by atoms with Crippen molar-refractivity contribution in [3.05, 3.63) is 141 Å². The van der Waals surface area contributed by atoms with Crippen LogP contribution in [0.5, 0.6) is 0 Å². The molecule has 0 fully saturated rings. The highest BCUT2D eigenvalue weighted by Gasteiger charge is 2.12. The molecule has 0 aliphatic heterocycles. The molecule has 0 amide bonds. The van der Waals surface area contributed by atoms with Gasteiger partial charge in [0.15, 0.2) is 0 Å². The van der Waals surface area contributed by atoms with Gasteiger partial charge in [0, 0.05) is 0 Å². The quantitative estimate of drug-likeness (QED) is 0.226. The molecule has 4 rings (SSSR count). The van der Waals surface area contributed by atoms with E-state index < -0.39 is 0 Å². The summed E-state index contributed by atoms with van der Waals surface area (Å²) < 4.78 is 0. The Morgan fingerprint density at radius 2 is 0.694 bits per heavy atom. The molecule has 36 heavy (non-hydrogen) atoms. The molecule has 0 unspecified atom stereocenters. The van der Waals surface area contributed by atoms with Crippen molar-refractivity contribution in [3.8, 4) is 0 Å². The second-order valence-corrected chi connectivity index (χ2v) is 11.3. The standard InChI is InChI=1S/C36H42/c1-25(2)31-16-10-28(11-17-31)22-34-8-7-9-35(23-29-12-18-32(19-13-29)26(3)4)36(34)24-30-14-20-33(21-15-30)27(5)6/h7-21,25-27H,22-24H2,1-6H3. The van der Waals surface area contributed by atoms with Gasteiger partial charge in [0.1, 0.15) is 0 Å². The largest absolute Gasteiger partial charge is 0.0617 e. The van der Waals surface area contributed by atoms with Gasteiger partial charge in [-0.2, -0.15) is 0 Å². The molecule has 0 N–H and O–H groups in total. The molecular formula is C36H42. The summed E-state index contributed by atoms with van der Waals surface area (Å²) in [4.78, 5) is 0. The van der Waals surface area contributed by atoms with Crippen molar-refractivity contribution in [1.29, 1.82) is 0 Å². The molecule has 0 nitrogen and oxygen atoms in total. The molecule has 0 heteroatoms. The molecule has 0 heterocycles. The van der Waals surface area contributed by atoms with Crippen LogP contribution in [0.4, 0.5) is 0 Å². The SMILES string of the molecule is CC(C)c1ccc(Cc2cccc(Cc3ccc(C(C)C)cc3)c2Cc2ccc(C(C)C)cc2)cc1. The maximum Gasteiger partial charge on any atom is -0.00201 e. The predicted molar refractivity (Wildman–Crippen MR) is 156 cm³/mol. The minimum atomic E-state index is 0.560. The molecule has 0 saturated heterocycles. The van der Waals surface area contributed by atoms with Crippen LogP contribution in [-0.4, -0.2) is 0 Å². The molecule has 4 aromatic carbocycles. The summed E-state index contributed by atoms with van der Waals surface area (Å²) in [5.41, 5.74) is 12.7. The predicted octanol–water partition coefficient (Wildman–Crippen LogP) is 9.83. The number of rotatable bonds is 9. The van der Waals surface area contributed by atoms with E-state index in [4.69, 9.17) is 0 Å². The Morgan fingerprint density at radius 3 is 1.00 bits per heavy atom. The first-order valence-corrected chi connectivity index (χ1v) is 13.7. The summed E-state index contributed by atoms with van der Waals surface area (Å²) in [5.74, 6) is 1.69. The summed E-state index contributed by atoms with van der Waals surface area (Å²) in [5, 5.41) is 0. The lowest BCUT2D eigenvalue weighted by Crippen LogP contribution is -2.04. The van der Waals surface area contributed by atoms with Crippen LogP contribution in [-0.2, 0) is 19.3 Å². The topological polar surface area (TPSA) is 0 Å². The second-order valence-electron chi connectivity index (χ2n) is 11.3. The zero-order chi connectivity index (χ0) is 25.7. The molecule has 0 aliphatic carbocycles. The van der Waals surface area contributed by atoms with E-state index in [-0.39, 0.29) is 0 Å². The Bertz CT molecular complexity index is 1170. The van der Waals surface area contributed by atoms with Crippen molar-refractivity contribution >= 4 is 0 Å². The Balaban J connectivity index is 1.67. The highest BCUT2D eigenvalue weighted by molar-refractivity contribution is 5.45. The highest BCUT2D eigenvalue weighted by atomic mass is 14.2. The van der Waals surface area contributed by atoms with Crippen molar-refractivity contribution in [2.75, 3.05) is 0 Å². The summed E-state index contributed by atoms with van der Waals surface area (Å²) in [6.07, 6.45) is 2.91. The molecule has 0 aromatic heterocycles. The average molecular weight is 475 g/mol. The number of benzene rings is 4. The Labute approximate surface area is 219 Å². The molecule has 0 bridgehead atoms. The van der Waals surface area contributed by atoms with Crippen LogP contribution in [0.15, 0.2) is 91.0 Å². The van der Waals surface area contributed by atoms with Crippen LogP contribution in [0.1, 0.15) is 109 Å². The van der Waals surface area contributed by atoms with E-state index in [1.165, 1.54) is 50.1 Å². The fourth-order valence-corrected chi connectivity index (χ4v) is 4.95. The smallest absolute Gasteiger partial charge is 0.00201 e. The van der Waals surface area contributed by atoms with Gasteiger partial charge in [-0.05, 0) is 87.1 Å². The maximum atomic E-state index is 2.33. The van der Waals surface area contributed by atoms with E-state index in [0.29, 0.717) is 17.8 Å². The van der Waals surface area contributed by atoms with E-state index in [0.717, 1.165) is 19.3 Å². The molecule has 0 saturated carbocycles. The minimum absolute atomic E-state index is 0.560. The first-order chi connectivity index (χ1) is 17.3. The molecule has 0 atom stereocenters. The van der Waals surface area contributed by atoms with E-state index in [2.05, 4.69) is 133 Å². The van der Waals surface area contributed by atoms with Crippen LogP contribution in [0.3, 0.4) is 0 Å². The summed E-state index contributed by atoms with van der Waals surface area (Å²) in [7, 11) is 0. The second kappa shape index (κ2) is 11.7. The van der Waals surface area contributed by atoms with Gasteiger partial charge >= 0.3 is 0 Å². The lowest BCUT2D eigenvalue weighted by molar-refractivity contribution is 0.864. The molecule has 0 aliphatic rings. The highest BCUT2D eigenvalue weighted by Crippen LogP contribution is 2.27. The molecule has 0 radical (unpaired) electrons. The van der Waals surface area contributed by atoms with Crippen LogP contribution < -0.4 is 0 Å². The van der Waals surface area contributed by atoms with Crippen molar-refractivity contribution in [2.45, 2.75) is 78.6 Å². The van der Waals surface area contributed by atoms with Crippen molar-refractivity contribution in [2.24, 2.45) is 0 Å². The average Bonchev–Trinajstić information content (AvgIpc) is 2.87. The minimum Gasteiger partial charge on any atom is -0.0617 e.